The van der Waals surface area contributed by atoms with Crippen LogP contribution in [-0.2, 0) is 13.1 Å². The van der Waals surface area contributed by atoms with Crippen LogP contribution in [0.25, 0.3) is 0 Å². The summed E-state index contributed by atoms with van der Waals surface area (Å²) in [6.07, 6.45) is 2.65. The van der Waals surface area contributed by atoms with Crippen LogP contribution in [0.3, 0.4) is 0 Å². The van der Waals surface area contributed by atoms with Crippen molar-refractivity contribution in [2.45, 2.75) is 25.4 Å². The van der Waals surface area contributed by atoms with Gasteiger partial charge in [-0.05, 0) is 42.7 Å². The number of piperidine rings is 1. The van der Waals surface area contributed by atoms with Crippen LogP contribution in [0.15, 0.2) is 71.7 Å². The van der Waals surface area contributed by atoms with E-state index in [4.69, 9.17) is 0 Å². The standard InChI is InChI=1S/C25H25N5O3/c31-23-10-5-9-22-18-12-17(15-30(22)23)14-29(16-18)25(33)28-21-8-2-1-7-20(21)24(32)27-13-19-6-3-4-11-26-19/h1-11,17-18H,12-16H2,(H,27,32)(H,28,33)/t17-,18+/m0/s1. The van der Waals surface area contributed by atoms with Crippen LogP contribution in [-0.4, -0.2) is 39.5 Å². The molecule has 2 aliphatic rings. The highest BCUT2D eigenvalue weighted by atomic mass is 16.2. The Hall–Kier alpha value is -3.94. The van der Waals surface area contributed by atoms with Crippen molar-refractivity contribution >= 4 is 17.6 Å². The number of hydrogen-bond donors (Lipinski definition) is 2. The monoisotopic (exact) mass is 443 g/mol. The number of rotatable bonds is 4. The van der Waals surface area contributed by atoms with Gasteiger partial charge in [-0.25, -0.2) is 4.79 Å². The molecule has 2 bridgehead atoms. The summed E-state index contributed by atoms with van der Waals surface area (Å²) < 4.78 is 1.84. The van der Waals surface area contributed by atoms with Gasteiger partial charge in [-0.2, -0.15) is 0 Å². The number of likely N-dealkylation sites (tertiary alicyclic amines) is 1. The van der Waals surface area contributed by atoms with Crippen molar-refractivity contribution in [2.24, 2.45) is 5.92 Å². The normalized spacial score (nSPS) is 18.8. The van der Waals surface area contributed by atoms with E-state index in [1.54, 1.807) is 47.5 Å². The molecule has 0 spiro atoms. The van der Waals surface area contributed by atoms with Crippen LogP contribution < -0.4 is 16.2 Å². The predicted molar refractivity (Wildman–Crippen MR) is 124 cm³/mol. The second kappa shape index (κ2) is 8.90. The summed E-state index contributed by atoms with van der Waals surface area (Å²) in [7, 11) is 0. The average molecular weight is 444 g/mol. The molecule has 3 amide bonds. The number of carbonyl (C=O) groups excluding carboxylic acids is 2. The van der Waals surface area contributed by atoms with Gasteiger partial charge in [-0.15, -0.1) is 0 Å². The molecule has 2 atom stereocenters. The fraction of sp³-hybridized carbons (Fsp3) is 0.280. The Balaban J connectivity index is 1.28. The Morgan fingerprint density at radius 3 is 2.67 bits per heavy atom. The van der Waals surface area contributed by atoms with Gasteiger partial charge in [0.2, 0.25) is 0 Å². The second-order valence-corrected chi connectivity index (χ2v) is 8.58. The molecule has 0 unspecified atom stereocenters. The van der Waals surface area contributed by atoms with Gasteiger partial charge in [0.05, 0.1) is 23.5 Å². The molecule has 4 heterocycles. The number of aromatic nitrogens is 2. The molecule has 2 aliphatic heterocycles. The number of nitrogens with one attached hydrogen (secondary N) is 2. The maximum Gasteiger partial charge on any atom is 0.321 e. The molecular formula is C25H25N5O3. The van der Waals surface area contributed by atoms with Crippen LogP contribution in [0.1, 0.15) is 34.1 Å². The van der Waals surface area contributed by atoms with Gasteiger partial charge < -0.3 is 20.1 Å². The van der Waals surface area contributed by atoms with E-state index < -0.39 is 0 Å². The van der Waals surface area contributed by atoms with Gasteiger partial charge in [0.15, 0.2) is 0 Å². The first-order valence-electron chi connectivity index (χ1n) is 11.1. The van der Waals surface area contributed by atoms with E-state index in [1.165, 1.54) is 0 Å². The van der Waals surface area contributed by atoms with E-state index >= 15 is 0 Å². The summed E-state index contributed by atoms with van der Waals surface area (Å²) >= 11 is 0. The Morgan fingerprint density at radius 1 is 0.970 bits per heavy atom. The molecule has 33 heavy (non-hydrogen) atoms. The van der Waals surface area contributed by atoms with Crippen molar-refractivity contribution in [3.63, 3.8) is 0 Å². The van der Waals surface area contributed by atoms with Crippen LogP contribution in [0.2, 0.25) is 0 Å². The zero-order valence-corrected chi connectivity index (χ0v) is 18.1. The molecule has 2 N–H and O–H groups in total. The quantitative estimate of drug-likeness (QED) is 0.648. The summed E-state index contributed by atoms with van der Waals surface area (Å²) in [5.74, 6) is 0.0912. The van der Waals surface area contributed by atoms with Crippen molar-refractivity contribution in [3.05, 3.63) is 94.2 Å². The smallest absolute Gasteiger partial charge is 0.321 e. The summed E-state index contributed by atoms with van der Waals surface area (Å²) in [5.41, 5.74) is 2.63. The number of nitrogens with zero attached hydrogens (tertiary/aromatic N) is 3. The Kier molecular flexibility index (Phi) is 5.64. The predicted octanol–water partition coefficient (Wildman–Crippen LogP) is 2.82. The fourth-order valence-electron chi connectivity index (χ4n) is 4.82. The molecule has 0 aliphatic carbocycles. The number of amides is 3. The van der Waals surface area contributed by atoms with Gasteiger partial charge in [0.25, 0.3) is 11.5 Å². The Morgan fingerprint density at radius 2 is 1.82 bits per heavy atom. The molecular weight excluding hydrogens is 418 g/mol. The van der Waals surface area contributed by atoms with E-state index in [9.17, 15) is 14.4 Å². The van der Waals surface area contributed by atoms with E-state index in [1.807, 2.05) is 28.8 Å². The van der Waals surface area contributed by atoms with Crippen LogP contribution >= 0.6 is 0 Å². The summed E-state index contributed by atoms with van der Waals surface area (Å²) in [5, 5.41) is 5.78. The van der Waals surface area contributed by atoms with E-state index in [0.29, 0.717) is 37.4 Å². The molecule has 8 nitrogen and oxygen atoms in total. The zero-order chi connectivity index (χ0) is 22.8. The zero-order valence-electron chi connectivity index (χ0n) is 18.1. The fourth-order valence-corrected chi connectivity index (χ4v) is 4.82. The lowest BCUT2D eigenvalue weighted by molar-refractivity contribution is 0.0951. The summed E-state index contributed by atoms with van der Waals surface area (Å²) in [6, 6.07) is 17.6. The molecule has 0 saturated carbocycles. The SMILES string of the molecule is O=C(NCc1ccccn1)c1ccccc1NC(=O)N1C[C@@H]2C[C@H](C1)c1cccc(=O)n1C2. The third-order valence-corrected chi connectivity index (χ3v) is 6.34. The highest BCUT2D eigenvalue weighted by Crippen LogP contribution is 2.35. The summed E-state index contributed by atoms with van der Waals surface area (Å²) in [6.45, 7) is 2.05. The maximum atomic E-state index is 13.1. The van der Waals surface area contributed by atoms with Crippen molar-refractivity contribution in [3.8, 4) is 0 Å². The van der Waals surface area contributed by atoms with Gasteiger partial charge in [-0.3, -0.25) is 14.6 Å². The number of carbonyl (C=O) groups is 2. The molecule has 1 fully saturated rings. The van der Waals surface area contributed by atoms with Crippen LogP contribution in [0, 0.1) is 5.92 Å². The lowest BCUT2D eigenvalue weighted by atomic mass is 9.83. The minimum absolute atomic E-state index is 0.0192. The van der Waals surface area contributed by atoms with Gasteiger partial charge >= 0.3 is 6.03 Å². The number of pyridine rings is 2. The molecule has 8 heteroatoms. The Labute approximate surface area is 191 Å². The van der Waals surface area contributed by atoms with E-state index in [2.05, 4.69) is 15.6 Å². The average Bonchev–Trinajstić information content (AvgIpc) is 2.84. The number of para-hydroxylation sites is 1. The molecule has 5 rings (SSSR count). The van der Waals surface area contributed by atoms with Crippen LogP contribution in [0.5, 0.6) is 0 Å². The minimum atomic E-state index is -0.277. The molecule has 2 aromatic heterocycles. The first-order chi connectivity index (χ1) is 16.1. The highest BCUT2D eigenvalue weighted by Gasteiger charge is 2.36. The maximum absolute atomic E-state index is 13.1. The number of hydrogen-bond acceptors (Lipinski definition) is 4. The second-order valence-electron chi connectivity index (χ2n) is 8.58. The topological polar surface area (TPSA) is 96.3 Å². The van der Waals surface area contributed by atoms with E-state index in [0.717, 1.165) is 17.8 Å². The first kappa shape index (κ1) is 20.9. The summed E-state index contributed by atoms with van der Waals surface area (Å²) in [4.78, 5) is 44.2. The van der Waals surface area contributed by atoms with Gasteiger partial charge in [0.1, 0.15) is 0 Å². The van der Waals surface area contributed by atoms with Crippen LogP contribution in [0.4, 0.5) is 10.5 Å². The number of anilines is 1. The lowest BCUT2D eigenvalue weighted by Crippen LogP contribution is -2.50. The first-order valence-corrected chi connectivity index (χ1v) is 11.1. The molecule has 3 aromatic rings. The van der Waals surface area contributed by atoms with Gasteiger partial charge in [0, 0.05) is 43.5 Å². The largest absolute Gasteiger partial charge is 0.346 e. The lowest BCUT2D eigenvalue weighted by Gasteiger charge is -2.42. The number of benzene rings is 1. The minimum Gasteiger partial charge on any atom is -0.346 e. The van der Waals surface area contributed by atoms with Crippen molar-refractivity contribution in [1.29, 1.82) is 0 Å². The third kappa shape index (κ3) is 4.37. The molecule has 1 aromatic carbocycles. The van der Waals surface area contributed by atoms with E-state index in [-0.39, 0.29) is 29.3 Å². The third-order valence-electron chi connectivity index (χ3n) is 6.34. The molecule has 0 radical (unpaired) electrons. The number of fused-ring (bicyclic) bond motifs is 4. The van der Waals surface area contributed by atoms with Crippen molar-refractivity contribution in [1.82, 2.24) is 19.8 Å². The Bertz CT molecular complexity index is 1240. The highest BCUT2D eigenvalue weighted by molar-refractivity contribution is 6.03. The van der Waals surface area contributed by atoms with Crippen molar-refractivity contribution in [2.75, 3.05) is 18.4 Å². The van der Waals surface area contributed by atoms with Crippen molar-refractivity contribution < 1.29 is 9.59 Å². The van der Waals surface area contributed by atoms with Gasteiger partial charge in [-0.1, -0.05) is 24.3 Å². The number of urea groups is 1. The molecule has 1 saturated heterocycles. The molecule has 168 valence electrons.